The van der Waals surface area contributed by atoms with Crippen molar-refractivity contribution in [2.24, 2.45) is 23.7 Å². The van der Waals surface area contributed by atoms with Crippen LogP contribution in [0.2, 0.25) is 0 Å². The number of nitrogens with zero attached hydrogens (tertiary/aromatic N) is 16. The molecule has 88 heavy (non-hydrogen) atoms. The second-order valence-electron chi connectivity index (χ2n) is 24.5. The lowest BCUT2D eigenvalue weighted by atomic mass is 9.84. The second kappa shape index (κ2) is 25.6. The molecule has 0 aliphatic carbocycles. The fourth-order valence-corrected chi connectivity index (χ4v) is 15.6. The van der Waals surface area contributed by atoms with Gasteiger partial charge in [0.25, 0.3) is 26.7 Å². The average molecular weight is 1180 g/mol. The highest BCUT2D eigenvalue weighted by molar-refractivity contribution is 5.72. The third-order valence-corrected chi connectivity index (χ3v) is 19.6. The predicted molar refractivity (Wildman–Crippen MR) is 332 cm³/mol. The topological polar surface area (TPSA) is 183 Å². The molecule has 4 saturated heterocycles. The van der Waals surface area contributed by atoms with Gasteiger partial charge in [0.15, 0.2) is 0 Å². The first-order valence-corrected chi connectivity index (χ1v) is 30.6. The highest BCUT2D eigenvalue weighted by Crippen LogP contribution is 2.49. The molecule has 0 radical (unpaired) electrons. The Bertz CT molecular complexity index is 3430. The Morgan fingerprint density at radius 1 is 0.341 bits per heavy atom. The van der Waals surface area contributed by atoms with E-state index in [1.807, 2.05) is 74.4 Å². The largest absolute Gasteiger partial charge is 0.393 e. The first-order valence-electron chi connectivity index (χ1n) is 30.6. The van der Waals surface area contributed by atoms with Crippen LogP contribution < -0.4 is 0 Å². The molecule has 4 aromatic carbocycles. The van der Waals surface area contributed by atoms with Gasteiger partial charge in [0.05, 0.1) is 121 Å². The lowest BCUT2D eigenvalue weighted by Crippen LogP contribution is -2.46. The van der Waals surface area contributed by atoms with Crippen molar-refractivity contribution in [2.45, 2.75) is 74.3 Å². The van der Waals surface area contributed by atoms with Gasteiger partial charge in [0, 0.05) is 98.3 Å². The van der Waals surface area contributed by atoms with Crippen molar-refractivity contribution < 1.29 is 20.4 Å². The van der Waals surface area contributed by atoms with Crippen LogP contribution in [0.4, 0.5) is 0 Å². The molecule has 0 saturated carbocycles. The molecule has 0 spiro atoms. The Labute approximate surface area is 513 Å². The molecule has 12 atom stereocenters. The molecule has 4 aromatic heterocycles. The van der Waals surface area contributed by atoms with Gasteiger partial charge in [-0.3, -0.25) is 19.4 Å². The average Bonchev–Trinajstić information content (AvgIpc) is 2.63. The summed E-state index contributed by atoms with van der Waals surface area (Å²) in [5.74, 6) is 0.360. The molecule has 448 valence electrons. The lowest BCUT2D eigenvalue weighted by molar-refractivity contribution is 0.0140. The fraction of sp³-hybridized carbons (Fsp3) is 0.412. The van der Waals surface area contributed by atoms with Gasteiger partial charge in [-0.05, 0) is 47.9 Å². The van der Waals surface area contributed by atoms with Gasteiger partial charge in [0.1, 0.15) is 0 Å². The maximum Gasteiger partial charge on any atom is 0.270 e. The van der Waals surface area contributed by atoms with Gasteiger partial charge in [-0.1, -0.05) is 97.1 Å². The van der Waals surface area contributed by atoms with Crippen LogP contribution in [-0.2, 0) is 0 Å². The number of fused-ring (bicyclic) bond motifs is 12. The molecule has 20 heteroatoms. The first-order chi connectivity index (χ1) is 43.2. The minimum absolute atomic E-state index is 0.0899. The molecule has 20 nitrogen and oxygen atoms in total. The van der Waals surface area contributed by atoms with Crippen molar-refractivity contribution >= 4 is 0 Å². The van der Waals surface area contributed by atoms with E-state index in [2.05, 4.69) is 150 Å². The van der Waals surface area contributed by atoms with Crippen molar-refractivity contribution in [3.8, 4) is 45.0 Å². The molecule has 4 N–H and O–H groups in total. The number of benzene rings is 4. The fourth-order valence-electron chi connectivity index (χ4n) is 15.6. The van der Waals surface area contributed by atoms with Crippen LogP contribution in [0.15, 0.2) is 147 Å². The molecule has 0 amide bonds. The molecule has 0 unspecified atom stereocenters. The molecule has 16 rings (SSSR count). The zero-order chi connectivity index (χ0) is 60.4. The van der Waals surface area contributed by atoms with Crippen LogP contribution in [0.1, 0.15) is 72.1 Å². The van der Waals surface area contributed by atoms with Crippen molar-refractivity contribution in [3.63, 3.8) is 0 Å². The van der Waals surface area contributed by atoms with E-state index in [4.69, 9.17) is 26.3 Å². The Balaban J connectivity index is 0.000000108. The van der Waals surface area contributed by atoms with Gasteiger partial charge in [-0.15, -0.1) is 0 Å². The molecule has 0 bridgehead atoms. The first kappa shape index (κ1) is 58.4. The number of piperidine rings is 4. The smallest absolute Gasteiger partial charge is 0.270 e. The second-order valence-corrected chi connectivity index (χ2v) is 24.5. The van der Waals surface area contributed by atoms with Crippen molar-refractivity contribution in [2.75, 3.05) is 79.0 Å². The van der Waals surface area contributed by atoms with Crippen molar-refractivity contribution in [1.29, 1.82) is 0 Å². The summed E-state index contributed by atoms with van der Waals surface area (Å²) in [6.45, 7) is 36.2. The van der Waals surface area contributed by atoms with Crippen LogP contribution in [0.25, 0.3) is 64.4 Å². The summed E-state index contributed by atoms with van der Waals surface area (Å²) in [7, 11) is 0. The van der Waals surface area contributed by atoms with Crippen molar-refractivity contribution in [1.82, 2.24) is 57.8 Å². The van der Waals surface area contributed by atoms with E-state index >= 15 is 0 Å². The Morgan fingerprint density at radius 2 is 0.557 bits per heavy atom. The molecule has 8 aliphatic rings. The number of aliphatic hydroxyl groups excluding tert-OH is 4. The van der Waals surface area contributed by atoms with Crippen molar-refractivity contribution in [3.05, 3.63) is 215 Å². The molecular formula is C68H72N16O4. The highest BCUT2D eigenvalue weighted by Gasteiger charge is 2.45. The van der Waals surface area contributed by atoms with E-state index in [1.165, 1.54) is 44.5 Å². The summed E-state index contributed by atoms with van der Waals surface area (Å²) in [5.41, 5.74) is 14.3. The predicted octanol–water partition coefficient (Wildman–Crippen LogP) is 8.05. The van der Waals surface area contributed by atoms with Gasteiger partial charge in [-0.2, -0.15) is 0 Å². The summed E-state index contributed by atoms with van der Waals surface area (Å²) in [4.78, 5) is 39.7. The van der Waals surface area contributed by atoms with Gasteiger partial charge in [0.2, 0.25) is 0 Å². The number of aromatic nitrogens is 8. The normalized spacial score (nSPS) is 27.2. The highest BCUT2D eigenvalue weighted by atomic mass is 16.3. The monoisotopic (exact) mass is 1180 g/mol. The van der Waals surface area contributed by atoms with Gasteiger partial charge in [-0.25, -0.2) is 65.8 Å². The van der Waals surface area contributed by atoms with Crippen LogP contribution in [0.3, 0.4) is 0 Å². The Hall–Kier alpha value is -8.64. The van der Waals surface area contributed by atoms with E-state index in [0.29, 0.717) is 26.7 Å². The zero-order valence-corrected chi connectivity index (χ0v) is 49.0. The summed E-state index contributed by atoms with van der Waals surface area (Å²) < 4.78 is 8.72. The van der Waals surface area contributed by atoms with Gasteiger partial charge >= 0.3 is 0 Å². The number of imidazole rings is 4. The van der Waals surface area contributed by atoms with Crippen LogP contribution in [0.5, 0.6) is 0 Å². The quantitative estimate of drug-likeness (QED) is 0.108. The summed E-state index contributed by atoms with van der Waals surface area (Å²) in [6.07, 6.45) is 16.6. The number of hydrogen-bond acceptors (Lipinski definition) is 12. The minimum Gasteiger partial charge on any atom is -0.393 e. The van der Waals surface area contributed by atoms with E-state index in [1.54, 1.807) is 0 Å². The molecule has 8 aliphatic heterocycles. The zero-order valence-electron chi connectivity index (χ0n) is 49.0. The van der Waals surface area contributed by atoms with Crippen LogP contribution in [-0.4, -0.2) is 182 Å². The standard InChI is InChI=1S/4C17H18N4O/c4*1-18-10-20-7-6-16(22)14(9-20)17-13-5-3-2-4-12(13)15-8-19-11-21(15)17/h4*2-5,8,11,14,16-17,22H,6-7,9-10H2/t2*14-,16-,17+;2*14-,16-,17-/m1010/s1. The Kier molecular flexibility index (Phi) is 17.0. The summed E-state index contributed by atoms with van der Waals surface area (Å²) in [6, 6.07) is 33.9. The van der Waals surface area contributed by atoms with E-state index < -0.39 is 0 Å². The third kappa shape index (κ3) is 10.9. The van der Waals surface area contributed by atoms with E-state index in [-0.39, 0.29) is 72.3 Å². The number of likely N-dealkylation sites (tertiary alicyclic amines) is 4. The van der Waals surface area contributed by atoms with E-state index in [0.717, 1.165) is 101 Å². The maximum absolute atomic E-state index is 10.6. The third-order valence-electron chi connectivity index (χ3n) is 19.6. The minimum atomic E-state index is -0.339. The number of hydrogen-bond donors (Lipinski definition) is 4. The van der Waals surface area contributed by atoms with Gasteiger partial charge < -0.3 is 38.7 Å². The maximum atomic E-state index is 10.6. The van der Waals surface area contributed by atoms with Crippen LogP contribution >= 0.6 is 0 Å². The Morgan fingerprint density at radius 3 is 0.773 bits per heavy atom. The molecule has 12 heterocycles. The number of aliphatic hydroxyl groups is 4. The number of rotatable bonds is 8. The molecule has 4 fully saturated rings. The van der Waals surface area contributed by atoms with Crippen LogP contribution in [0, 0.1) is 50.0 Å². The SMILES string of the molecule is [C-]#[N+]CN1CC[C@@H](O)[C@H]([C@@H]2c3ccccc3-c3cncn32)C1.[C-]#[N+]CN1CC[C@@H](O)[C@H]([C@H]2c3ccccc3-c3cncn32)C1.[C-]#[N+]CN1CC[C@H](O)[C@@H]([C@@H]2c3ccccc3-c3cncn32)C1.[C-]#[N+]CN1CC[C@H](O)[C@@H]([C@H]2c3ccccc3-c3cncn32)C1. The van der Waals surface area contributed by atoms with E-state index in [9.17, 15) is 20.4 Å². The summed E-state index contributed by atoms with van der Waals surface area (Å²) in [5, 5.41) is 42.3. The summed E-state index contributed by atoms with van der Waals surface area (Å²) >= 11 is 0. The molecule has 8 aromatic rings. The lowest BCUT2D eigenvalue weighted by Gasteiger charge is -2.37. The molecular weight excluding hydrogens is 1100 g/mol.